The number of nitrogens with zero attached hydrogens (tertiary/aromatic N) is 1. The van der Waals surface area contributed by atoms with Crippen molar-refractivity contribution in [3.05, 3.63) is 53.6 Å². The van der Waals surface area contributed by atoms with Gasteiger partial charge < -0.3 is 15.4 Å². The Kier molecular flexibility index (Phi) is 13.3. The molecule has 6 heteroatoms. The van der Waals surface area contributed by atoms with E-state index in [0.717, 1.165) is 12.0 Å². The van der Waals surface area contributed by atoms with E-state index in [1.807, 2.05) is 34.6 Å². The molecule has 1 amide bonds. The molecule has 2 rings (SSSR count). The molecular formula is C21H32FN3O2. The molecule has 0 unspecified atom stereocenters. The first-order valence-corrected chi connectivity index (χ1v) is 9.36. The normalized spacial score (nSPS) is 9.30. The molecule has 0 saturated carbocycles. The number of amides is 1. The van der Waals surface area contributed by atoms with Gasteiger partial charge in [-0.2, -0.15) is 0 Å². The molecule has 1 aromatic heterocycles. The van der Waals surface area contributed by atoms with Crippen molar-refractivity contribution < 1.29 is 13.9 Å². The van der Waals surface area contributed by atoms with E-state index in [2.05, 4.69) is 15.6 Å². The van der Waals surface area contributed by atoms with Crippen LogP contribution in [0.15, 0.2) is 36.7 Å². The molecule has 0 aliphatic carbocycles. The van der Waals surface area contributed by atoms with Crippen molar-refractivity contribution in [2.75, 3.05) is 25.6 Å². The minimum absolute atomic E-state index is 0.237. The van der Waals surface area contributed by atoms with Crippen LogP contribution in [0.5, 0.6) is 0 Å². The maximum absolute atomic E-state index is 14.0. The van der Waals surface area contributed by atoms with Crippen LogP contribution in [0.1, 0.15) is 50.0 Å². The van der Waals surface area contributed by atoms with Crippen LogP contribution in [-0.2, 0) is 4.74 Å². The molecule has 27 heavy (non-hydrogen) atoms. The Morgan fingerprint density at radius 1 is 1.15 bits per heavy atom. The minimum atomic E-state index is -0.375. The molecule has 0 fully saturated rings. The highest BCUT2D eigenvalue weighted by Gasteiger charge is 2.12. The minimum Gasteiger partial charge on any atom is -0.385 e. The fourth-order valence-corrected chi connectivity index (χ4v) is 2.07. The summed E-state index contributed by atoms with van der Waals surface area (Å²) in [5.74, 6) is -0.612. The molecular weight excluding hydrogens is 345 g/mol. The number of hydrogen-bond donors (Lipinski definition) is 2. The first-order valence-electron chi connectivity index (χ1n) is 9.36. The number of ether oxygens (including phenoxy) is 1. The Labute approximate surface area is 162 Å². The summed E-state index contributed by atoms with van der Waals surface area (Å²) in [4.78, 5) is 16.2. The van der Waals surface area contributed by atoms with Crippen LogP contribution >= 0.6 is 0 Å². The molecule has 0 atom stereocenters. The molecule has 0 aliphatic heterocycles. The number of benzene rings is 1. The first kappa shape index (κ1) is 24.5. The largest absolute Gasteiger partial charge is 0.385 e. The van der Waals surface area contributed by atoms with Gasteiger partial charge in [-0.05, 0) is 37.1 Å². The van der Waals surface area contributed by atoms with Crippen LogP contribution in [0.25, 0.3) is 0 Å². The fourth-order valence-electron chi connectivity index (χ4n) is 2.07. The van der Waals surface area contributed by atoms with Crippen molar-refractivity contribution in [2.45, 2.75) is 41.0 Å². The van der Waals surface area contributed by atoms with E-state index >= 15 is 0 Å². The topological polar surface area (TPSA) is 63.2 Å². The fraction of sp³-hybridized carbons (Fsp3) is 0.429. The maximum atomic E-state index is 14.0. The quantitative estimate of drug-likeness (QED) is 0.660. The highest BCUT2D eigenvalue weighted by atomic mass is 19.1. The standard InChI is InChI=1S/C17H20FN3O2.2C2H6/c1-12-4-5-15(14(18)10-12)21-16-11-19-8-6-13(16)17(22)20-7-3-9-23-2;2*1-2/h4-6,8,10-11,21H,3,7,9H2,1-2H3,(H,20,22);2*1-2H3. The monoisotopic (exact) mass is 377 g/mol. The SMILES string of the molecule is CC.CC.COCCCNC(=O)c1ccncc1Nc1ccc(C)cc1F. The van der Waals surface area contributed by atoms with E-state index in [-0.39, 0.29) is 11.7 Å². The van der Waals surface area contributed by atoms with Crippen molar-refractivity contribution in [3.63, 3.8) is 0 Å². The maximum Gasteiger partial charge on any atom is 0.253 e. The number of carbonyl (C=O) groups excluding carboxylic acids is 1. The average Bonchev–Trinajstić information content (AvgIpc) is 2.71. The summed E-state index contributed by atoms with van der Waals surface area (Å²) in [7, 11) is 1.61. The molecule has 0 bridgehead atoms. The van der Waals surface area contributed by atoms with Gasteiger partial charge in [-0.25, -0.2) is 4.39 Å². The number of aryl methyl sites for hydroxylation is 1. The van der Waals surface area contributed by atoms with Crippen molar-refractivity contribution in [3.8, 4) is 0 Å². The molecule has 2 aromatic rings. The lowest BCUT2D eigenvalue weighted by Gasteiger charge is -2.12. The van der Waals surface area contributed by atoms with Crippen molar-refractivity contribution >= 4 is 17.3 Å². The average molecular weight is 378 g/mol. The van der Waals surface area contributed by atoms with Gasteiger partial charge in [0.05, 0.1) is 23.1 Å². The predicted octanol–water partition coefficient (Wildman–Crippen LogP) is 5.09. The highest BCUT2D eigenvalue weighted by molar-refractivity contribution is 6.00. The molecule has 150 valence electrons. The number of anilines is 2. The molecule has 5 nitrogen and oxygen atoms in total. The second-order valence-electron chi connectivity index (χ2n) is 5.13. The lowest BCUT2D eigenvalue weighted by Crippen LogP contribution is -2.26. The third-order valence-electron chi connectivity index (χ3n) is 3.27. The first-order chi connectivity index (χ1) is 13.1. The van der Waals surface area contributed by atoms with E-state index in [1.54, 1.807) is 25.3 Å². The zero-order valence-electron chi connectivity index (χ0n) is 17.2. The summed E-state index contributed by atoms with van der Waals surface area (Å²) in [6, 6.07) is 6.47. The third kappa shape index (κ3) is 8.64. The van der Waals surface area contributed by atoms with Gasteiger partial charge in [0, 0.05) is 26.5 Å². The highest BCUT2D eigenvalue weighted by Crippen LogP contribution is 2.23. The number of carbonyl (C=O) groups is 1. The number of aromatic nitrogens is 1. The van der Waals surface area contributed by atoms with Crippen LogP contribution in [0, 0.1) is 12.7 Å². The van der Waals surface area contributed by atoms with Crippen LogP contribution < -0.4 is 10.6 Å². The van der Waals surface area contributed by atoms with E-state index in [9.17, 15) is 9.18 Å². The summed E-state index contributed by atoms with van der Waals surface area (Å²) < 4.78 is 18.9. The van der Waals surface area contributed by atoms with Crippen LogP contribution in [0.2, 0.25) is 0 Å². The Morgan fingerprint density at radius 2 is 1.85 bits per heavy atom. The Morgan fingerprint density at radius 3 is 2.48 bits per heavy atom. The Bertz CT molecular complexity index is 678. The van der Waals surface area contributed by atoms with Gasteiger partial charge in [0.25, 0.3) is 5.91 Å². The van der Waals surface area contributed by atoms with Gasteiger partial charge in [-0.1, -0.05) is 33.8 Å². The van der Waals surface area contributed by atoms with Gasteiger partial charge in [-0.3, -0.25) is 9.78 Å². The number of halogens is 1. The second kappa shape index (κ2) is 14.7. The van der Waals surface area contributed by atoms with Crippen molar-refractivity contribution in [2.24, 2.45) is 0 Å². The summed E-state index contributed by atoms with van der Waals surface area (Å²) in [5.41, 5.74) is 2.00. The molecule has 1 heterocycles. The molecule has 2 N–H and O–H groups in total. The van der Waals surface area contributed by atoms with Crippen LogP contribution in [-0.4, -0.2) is 31.2 Å². The molecule has 0 radical (unpaired) electrons. The van der Waals surface area contributed by atoms with Crippen LogP contribution in [0.3, 0.4) is 0 Å². The molecule has 0 spiro atoms. The van der Waals surface area contributed by atoms with Gasteiger partial charge in [0.2, 0.25) is 0 Å². The Hall–Kier alpha value is -2.47. The lowest BCUT2D eigenvalue weighted by atomic mass is 10.1. The summed E-state index contributed by atoms with van der Waals surface area (Å²) >= 11 is 0. The number of hydrogen-bond acceptors (Lipinski definition) is 4. The number of methoxy groups -OCH3 is 1. The summed E-state index contributed by atoms with van der Waals surface area (Å²) in [6.07, 6.45) is 3.76. The molecule has 0 saturated heterocycles. The van der Waals surface area contributed by atoms with Gasteiger partial charge in [0.15, 0.2) is 0 Å². The van der Waals surface area contributed by atoms with Crippen LogP contribution in [0.4, 0.5) is 15.8 Å². The second-order valence-corrected chi connectivity index (χ2v) is 5.13. The third-order valence-corrected chi connectivity index (χ3v) is 3.27. The van der Waals surface area contributed by atoms with Crippen molar-refractivity contribution in [1.29, 1.82) is 0 Å². The predicted molar refractivity (Wildman–Crippen MR) is 110 cm³/mol. The summed E-state index contributed by atoms with van der Waals surface area (Å²) in [6.45, 7) is 10.9. The summed E-state index contributed by atoms with van der Waals surface area (Å²) in [5, 5.41) is 5.73. The molecule has 0 aliphatic rings. The van der Waals surface area contributed by atoms with E-state index < -0.39 is 0 Å². The number of nitrogens with one attached hydrogen (secondary N) is 2. The van der Waals surface area contributed by atoms with E-state index in [0.29, 0.717) is 30.1 Å². The van der Waals surface area contributed by atoms with E-state index in [4.69, 9.17) is 4.74 Å². The Balaban J connectivity index is 0.00000158. The lowest BCUT2D eigenvalue weighted by molar-refractivity contribution is 0.0949. The number of rotatable bonds is 7. The molecule has 1 aromatic carbocycles. The van der Waals surface area contributed by atoms with Gasteiger partial charge in [-0.15, -0.1) is 0 Å². The zero-order valence-corrected chi connectivity index (χ0v) is 17.2. The zero-order chi connectivity index (χ0) is 20.7. The number of pyridine rings is 1. The van der Waals surface area contributed by atoms with Gasteiger partial charge in [0.1, 0.15) is 5.82 Å². The van der Waals surface area contributed by atoms with Gasteiger partial charge >= 0.3 is 0 Å². The van der Waals surface area contributed by atoms with E-state index in [1.165, 1.54) is 18.5 Å². The van der Waals surface area contributed by atoms with Crippen molar-refractivity contribution in [1.82, 2.24) is 10.3 Å². The smallest absolute Gasteiger partial charge is 0.253 e.